The summed E-state index contributed by atoms with van der Waals surface area (Å²) in [5.74, 6) is 5.57. The third kappa shape index (κ3) is 6.56. The molecular formula is C34H40Cl2Ti. The van der Waals surface area contributed by atoms with Gasteiger partial charge >= 0.3 is 35.6 Å². The fourth-order valence-corrected chi connectivity index (χ4v) is 5.21. The molecule has 0 saturated heterocycles. The van der Waals surface area contributed by atoms with Gasteiger partial charge in [0, 0.05) is 0 Å². The second-order valence-electron chi connectivity index (χ2n) is 12.1. The molecule has 3 heteroatoms. The summed E-state index contributed by atoms with van der Waals surface area (Å²) in [5.41, 5.74) is 2.61. The van der Waals surface area contributed by atoms with Crippen LogP contribution in [-0.2, 0) is 27.9 Å². The van der Waals surface area contributed by atoms with Gasteiger partial charge in [0.1, 0.15) is 0 Å². The van der Waals surface area contributed by atoms with E-state index in [1.165, 1.54) is 34.8 Å². The summed E-state index contributed by atoms with van der Waals surface area (Å²) < 4.78 is 0. The van der Waals surface area contributed by atoms with Gasteiger partial charge in [-0.3, -0.25) is 0 Å². The molecule has 2 aliphatic carbocycles. The number of benzene rings is 2. The van der Waals surface area contributed by atoms with E-state index in [2.05, 4.69) is 155 Å². The van der Waals surface area contributed by atoms with E-state index in [9.17, 15) is 0 Å². The summed E-state index contributed by atoms with van der Waals surface area (Å²) in [7, 11) is 9.78. The van der Waals surface area contributed by atoms with E-state index >= 15 is 0 Å². The van der Waals surface area contributed by atoms with E-state index < -0.39 is 17.0 Å². The molecule has 0 atom stereocenters. The van der Waals surface area contributed by atoms with Gasteiger partial charge in [0.25, 0.3) is 0 Å². The molecule has 0 unspecified atom stereocenters. The average molecular weight is 567 g/mol. The second kappa shape index (κ2) is 12.5. The maximum atomic E-state index is 4.89. The molecule has 2 aromatic carbocycles. The van der Waals surface area contributed by atoms with Crippen molar-refractivity contribution >= 4 is 18.6 Å². The third-order valence-electron chi connectivity index (χ3n) is 8.95. The Labute approximate surface area is 245 Å². The minimum atomic E-state index is -0.556. The van der Waals surface area contributed by atoms with Crippen LogP contribution in [0.15, 0.2) is 60.7 Å². The Hall–Kier alpha value is -0.266. The fraction of sp³-hybridized carbons (Fsp3) is 0.353. The maximum absolute atomic E-state index is 4.89. The van der Waals surface area contributed by atoms with Gasteiger partial charge in [-0.1, -0.05) is 116 Å². The molecule has 0 amide bonds. The van der Waals surface area contributed by atoms with Gasteiger partial charge in [-0.2, -0.15) is 0 Å². The molecule has 0 bridgehead atoms. The van der Waals surface area contributed by atoms with E-state index in [4.69, 9.17) is 18.6 Å². The Kier molecular flexibility index (Phi) is 10.6. The summed E-state index contributed by atoms with van der Waals surface area (Å²) in [5, 5.41) is 0. The Morgan fingerprint density at radius 2 is 0.730 bits per heavy atom. The Morgan fingerprint density at radius 3 is 1.03 bits per heavy atom. The molecule has 37 heavy (non-hydrogen) atoms. The van der Waals surface area contributed by atoms with Crippen LogP contribution in [0.4, 0.5) is 0 Å². The van der Waals surface area contributed by atoms with Crippen LogP contribution in [0.2, 0.25) is 0 Å². The van der Waals surface area contributed by atoms with Crippen LogP contribution >= 0.6 is 18.6 Å². The molecule has 2 fully saturated rings. The first-order chi connectivity index (χ1) is 17.3. The van der Waals surface area contributed by atoms with E-state index in [1.54, 1.807) is 0 Å². The SMILES string of the molecule is CC(C)([C]1[CH][CH][C](C(C)(C)C(C)(C)[C]2[CH][CH][C](C(C)(C)c3ccccc3)[CH]2)[CH]1)c1ccccc1.[Cl][Ti][Cl]. The number of hydrogen-bond donors (Lipinski definition) is 0. The van der Waals surface area contributed by atoms with Crippen molar-refractivity contribution in [3.63, 3.8) is 0 Å². The van der Waals surface area contributed by atoms with Crippen LogP contribution < -0.4 is 0 Å². The molecule has 0 N–H and O–H groups in total. The van der Waals surface area contributed by atoms with Crippen LogP contribution in [0.3, 0.4) is 0 Å². The van der Waals surface area contributed by atoms with Crippen molar-refractivity contribution in [3.05, 3.63) is 134 Å². The van der Waals surface area contributed by atoms with Gasteiger partial charge in [0.15, 0.2) is 0 Å². The Balaban J connectivity index is 0.00000121. The van der Waals surface area contributed by atoms with Gasteiger partial charge in [0.2, 0.25) is 0 Å². The van der Waals surface area contributed by atoms with Crippen LogP contribution in [0.25, 0.3) is 0 Å². The summed E-state index contributed by atoms with van der Waals surface area (Å²) in [6, 6.07) is 21.7. The van der Waals surface area contributed by atoms with Gasteiger partial charge in [-0.15, -0.1) is 0 Å². The van der Waals surface area contributed by atoms with Crippen LogP contribution in [0.5, 0.6) is 0 Å². The second-order valence-corrected chi connectivity index (χ2v) is 14.7. The topological polar surface area (TPSA) is 0 Å². The van der Waals surface area contributed by atoms with Gasteiger partial charge in [-0.05, 0) is 95.0 Å². The average Bonchev–Trinajstić information content (AvgIpc) is 3.57. The zero-order chi connectivity index (χ0) is 27.5. The van der Waals surface area contributed by atoms with Crippen LogP contribution in [0, 0.1) is 73.0 Å². The molecule has 0 spiro atoms. The van der Waals surface area contributed by atoms with E-state index in [-0.39, 0.29) is 21.7 Å². The Bertz CT molecular complexity index is 884. The van der Waals surface area contributed by atoms with Crippen LogP contribution in [-0.4, -0.2) is 0 Å². The molecule has 0 aromatic heterocycles. The first-order valence-corrected chi connectivity index (χ1v) is 17.2. The molecular weight excluding hydrogens is 527 g/mol. The molecule has 2 saturated carbocycles. The van der Waals surface area contributed by atoms with E-state index in [1.807, 2.05) is 0 Å². The predicted molar refractivity (Wildman–Crippen MR) is 157 cm³/mol. The van der Waals surface area contributed by atoms with Crippen molar-refractivity contribution in [2.24, 2.45) is 10.8 Å². The minimum absolute atomic E-state index is 0.0209. The Morgan fingerprint density at radius 1 is 0.459 bits per heavy atom. The molecule has 0 aliphatic heterocycles. The van der Waals surface area contributed by atoms with E-state index in [0.717, 1.165) is 0 Å². The molecule has 194 valence electrons. The van der Waals surface area contributed by atoms with Gasteiger partial charge in [0.05, 0.1) is 0 Å². The van der Waals surface area contributed by atoms with Crippen molar-refractivity contribution in [1.29, 1.82) is 0 Å². The quantitative estimate of drug-likeness (QED) is 0.292. The van der Waals surface area contributed by atoms with E-state index in [0.29, 0.717) is 0 Å². The summed E-state index contributed by atoms with van der Waals surface area (Å²) in [4.78, 5) is 0. The third-order valence-corrected chi connectivity index (χ3v) is 8.95. The van der Waals surface area contributed by atoms with Gasteiger partial charge < -0.3 is 0 Å². The standard InChI is InChI=1S/C34H40.2ClH.Ti/c1-31(2,25-15-11-9-12-16-25)27-19-21-29(23-27)33(5,6)34(7,8)30-22-20-28(24-30)32(3,4)26-17-13-10-14-18-26;;;/h9-24H,1-8H3;2*1H;/q;;;+2/p-2. The summed E-state index contributed by atoms with van der Waals surface area (Å²) >= 11 is -0.556. The monoisotopic (exact) mass is 566 g/mol. The van der Waals surface area contributed by atoms with Crippen molar-refractivity contribution in [3.8, 4) is 0 Å². The van der Waals surface area contributed by atoms with Crippen molar-refractivity contribution in [2.75, 3.05) is 0 Å². The molecule has 10 radical (unpaired) electrons. The number of rotatable bonds is 7. The normalized spacial score (nSPS) is 19.1. The molecule has 0 nitrogen and oxygen atoms in total. The molecule has 2 aromatic rings. The van der Waals surface area contributed by atoms with Gasteiger partial charge in [-0.25, -0.2) is 0 Å². The fourth-order valence-electron chi connectivity index (χ4n) is 5.21. The number of halogens is 2. The number of hydrogen-bond acceptors (Lipinski definition) is 0. The summed E-state index contributed by atoms with van der Waals surface area (Å²) in [6.07, 6.45) is 14.2. The first-order valence-electron chi connectivity index (χ1n) is 12.9. The van der Waals surface area contributed by atoms with Crippen molar-refractivity contribution < 1.29 is 17.0 Å². The van der Waals surface area contributed by atoms with Crippen LogP contribution in [0.1, 0.15) is 66.5 Å². The molecule has 2 aliphatic rings. The summed E-state index contributed by atoms with van der Waals surface area (Å²) in [6.45, 7) is 18.9. The first kappa shape index (κ1) is 31.3. The van der Waals surface area contributed by atoms with Crippen molar-refractivity contribution in [2.45, 2.75) is 66.2 Å². The molecule has 0 heterocycles. The predicted octanol–water partition coefficient (Wildman–Crippen LogP) is 9.92. The molecule has 4 rings (SSSR count). The van der Waals surface area contributed by atoms with Crippen molar-refractivity contribution in [1.82, 2.24) is 0 Å². The zero-order valence-electron chi connectivity index (χ0n) is 23.5. The zero-order valence-corrected chi connectivity index (χ0v) is 26.6.